The van der Waals surface area contributed by atoms with E-state index >= 15 is 0 Å². The van der Waals surface area contributed by atoms with Crippen LogP contribution < -0.4 is 5.73 Å². The molecule has 5 heteroatoms. The van der Waals surface area contributed by atoms with Gasteiger partial charge in [0.2, 0.25) is 0 Å². The fourth-order valence-electron chi connectivity index (χ4n) is 0.826. The van der Waals surface area contributed by atoms with Gasteiger partial charge in [-0.1, -0.05) is 0 Å². The van der Waals surface area contributed by atoms with Crippen molar-refractivity contribution in [3.63, 3.8) is 0 Å². The third-order valence-corrected chi connectivity index (χ3v) is 1.42. The lowest BCUT2D eigenvalue weighted by Crippen LogP contribution is -2.15. The van der Waals surface area contributed by atoms with Crippen LogP contribution in [0.15, 0.2) is 18.2 Å². The van der Waals surface area contributed by atoms with Crippen LogP contribution in [0.25, 0.3) is 0 Å². The predicted molar refractivity (Wildman–Crippen MR) is 47.0 cm³/mol. The first-order valence-electron chi connectivity index (χ1n) is 3.33. The molecule has 1 aromatic rings. The fraction of sp³-hybridized carbons (Fsp3) is 0.125. The van der Waals surface area contributed by atoms with E-state index in [1.165, 1.54) is 0 Å². The maximum absolute atomic E-state index is 12.8. The Morgan fingerprint density at radius 2 is 2.00 bits per heavy atom. The molecule has 0 amide bonds. The minimum Gasteiger partial charge on any atom is -0.324 e. The molecule has 13 heavy (non-hydrogen) atoms. The molecular formula is C8H8ClF2NO. The van der Waals surface area contributed by atoms with Gasteiger partial charge in [-0.25, -0.2) is 8.78 Å². The molecule has 0 saturated heterocycles. The molecule has 0 saturated carbocycles. The molecule has 0 aliphatic rings. The summed E-state index contributed by atoms with van der Waals surface area (Å²) in [6.07, 6.45) is 0. The minimum absolute atomic E-state index is 0. The van der Waals surface area contributed by atoms with Crippen molar-refractivity contribution in [1.29, 1.82) is 0 Å². The Kier molecular flexibility index (Phi) is 4.51. The number of hydrogen-bond acceptors (Lipinski definition) is 2. The number of nitrogens with two attached hydrogens (primary N) is 1. The molecule has 72 valence electrons. The first-order chi connectivity index (χ1) is 5.65. The Bertz CT molecular complexity index is 317. The van der Waals surface area contributed by atoms with Gasteiger partial charge in [0.1, 0.15) is 11.6 Å². The zero-order valence-corrected chi connectivity index (χ0v) is 7.41. The molecule has 1 rings (SSSR count). The average molecular weight is 208 g/mol. The van der Waals surface area contributed by atoms with Crippen LogP contribution in [0.4, 0.5) is 8.78 Å². The van der Waals surface area contributed by atoms with Gasteiger partial charge < -0.3 is 5.73 Å². The Balaban J connectivity index is 0.00000144. The molecule has 0 unspecified atom stereocenters. The number of rotatable bonds is 2. The molecule has 0 aliphatic carbocycles. The minimum atomic E-state index is -0.870. The number of hydrogen-bond donors (Lipinski definition) is 1. The van der Waals surface area contributed by atoms with Crippen LogP contribution in [0.1, 0.15) is 10.4 Å². The first-order valence-corrected chi connectivity index (χ1v) is 3.33. The van der Waals surface area contributed by atoms with E-state index in [2.05, 4.69) is 0 Å². The topological polar surface area (TPSA) is 43.1 Å². The van der Waals surface area contributed by atoms with E-state index in [0.717, 1.165) is 12.1 Å². The second-order valence-corrected chi connectivity index (χ2v) is 2.25. The second kappa shape index (κ2) is 4.89. The molecule has 0 fully saturated rings. The standard InChI is InChI=1S/C8H7F2NO.ClH/c9-5-1-2-6(7(10)3-5)8(12)4-11;/h1-3H,4,11H2;1H. The number of Topliss-reactive ketones (excluding diaryl/α,β-unsaturated/α-hetero) is 1. The van der Waals surface area contributed by atoms with Crippen LogP contribution in [0.5, 0.6) is 0 Å². The normalized spacial score (nSPS) is 9.15. The summed E-state index contributed by atoms with van der Waals surface area (Å²) < 4.78 is 25.1. The summed E-state index contributed by atoms with van der Waals surface area (Å²) in [5, 5.41) is 0. The Morgan fingerprint density at radius 3 is 2.46 bits per heavy atom. The molecule has 2 N–H and O–H groups in total. The lowest BCUT2D eigenvalue weighted by Gasteiger charge is -1.98. The van der Waals surface area contributed by atoms with E-state index < -0.39 is 17.4 Å². The number of carbonyl (C=O) groups is 1. The predicted octanol–water partition coefficient (Wildman–Crippen LogP) is 1.53. The molecule has 0 radical (unpaired) electrons. The van der Waals surface area contributed by atoms with Crippen LogP contribution in [-0.2, 0) is 0 Å². The van der Waals surface area contributed by atoms with Gasteiger partial charge in [0.05, 0.1) is 12.1 Å². The Morgan fingerprint density at radius 1 is 1.38 bits per heavy atom. The largest absolute Gasteiger partial charge is 0.324 e. The molecule has 1 aromatic carbocycles. The van der Waals surface area contributed by atoms with Gasteiger partial charge in [0, 0.05) is 6.07 Å². The van der Waals surface area contributed by atoms with Gasteiger partial charge >= 0.3 is 0 Å². The van der Waals surface area contributed by atoms with E-state index in [-0.39, 0.29) is 24.5 Å². The summed E-state index contributed by atoms with van der Waals surface area (Å²) in [5.41, 5.74) is 4.83. The summed E-state index contributed by atoms with van der Waals surface area (Å²) in [5.74, 6) is -2.11. The van der Waals surface area contributed by atoms with Crippen molar-refractivity contribution in [2.75, 3.05) is 6.54 Å². The monoisotopic (exact) mass is 207 g/mol. The zero-order chi connectivity index (χ0) is 9.14. The van der Waals surface area contributed by atoms with Crippen molar-refractivity contribution in [3.05, 3.63) is 35.4 Å². The summed E-state index contributed by atoms with van der Waals surface area (Å²) in [7, 11) is 0. The molecular weight excluding hydrogens is 200 g/mol. The highest BCUT2D eigenvalue weighted by Crippen LogP contribution is 2.09. The molecule has 0 bridgehead atoms. The van der Waals surface area contributed by atoms with Crippen molar-refractivity contribution < 1.29 is 13.6 Å². The van der Waals surface area contributed by atoms with Gasteiger partial charge in [0.15, 0.2) is 5.78 Å². The second-order valence-electron chi connectivity index (χ2n) is 2.25. The van der Waals surface area contributed by atoms with E-state index in [1.54, 1.807) is 0 Å². The number of halogens is 3. The SMILES string of the molecule is Cl.NCC(=O)c1ccc(F)cc1F. The average Bonchev–Trinajstić information content (AvgIpc) is 2.03. The smallest absolute Gasteiger partial charge is 0.179 e. The molecule has 0 aromatic heterocycles. The molecule has 2 nitrogen and oxygen atoms in total. The third-order valence-electron chi connectivity index (χ3n) is 1.42. The van der Waals surface area contributed by atoms with Crippen molar-refractivity contribution in [1.82, 2.24) is 0 Å². The van der Waals surface area contributed by atoms with E-state index in [1.807, 2.05) is 0 Å². The van der Waals surface area contributed by atoms with Gasteiger partial charge in [-0.2, -0.15) is 0 Å². The third kappa shape index (κ3) is 2.75. The zero-order valence-electron chi connectivity index (χ0n) is 6.59. The Hall–Kier alpha value is -1.00. The fourth-order valence-corrected chi connectivity index (χ4v) is 0.826. The number of ketones is 1. The number of benzene rings is 1. The highest BCUT2D eigenvalue weighted by Gasteiger charge is 2.09. The van der Waals surface area contributed by atoms with Crippen LogP contribution in [0.3, 0.4) is 0 Å². The summed E-state index contributed by atoms with van der Waals surface area (Å²) in [4.78, 5) is 10.9. The van der Waals surface area contributed by atoms with Gasteiger partial charge in [-0.3, -0.25) is 4.79 Å². The van der Waals surface area contributed by atoms with E-state index in [4.69, 9.17) is 5.73 Å². The van der Waals surface area contributed by atoms with Crippen LogP contribution in [0.2, 0.25) is 0 Å². The van der Waals surface area contributed by atoms with Gasteiger partial charge in [0.25, 0.3) is 0 Å². The van der Waals surface area contributed by atoms with Crippen molar-refractivity contribution >= 4 is 18.2 Å². The molecule has 0 aliphatic heterocycles. The highest BCUT2D eigenvalue weighted by atomic mass is 35.5. The number of carbonyl (C=O) groups excluding carboxylic acids is 1. The quantitative estimate of drug-likeness (QED) is 0.748. The van der Waals surface area contributed by atoms with E-state index in [9.17, 15) is 13.6 Å². The van der Waals surface area contributed by atoms with Crippen LogP contribution in [-0.4, -0.2) is 12.3 Å². The van der Waals surface area contributed by atoms with Crippen LogP contribution >= 0.6 is 12.4 Å². The molecule has 0 heterocycles. The van der Waals surface area contributed by atoms with E-state index in [0.29, 0.717) is 6.07 Å². The maximum Gasteiger partial charge on any atom is 0.179 e. The highest BCUT2D eigenvalue weighted by molar-refractivity contribution is 5.97. The van der Waals surface area contributed by atoms with Crippen molar-refractivity contribution in [2.45, 2.75) is 0 Å². The lowest BCUT2D eigenvalue weighted by atomic mass is 10.1. The summed E-state index contributed by atoms with van der Waals surface area (Å²) in [6.45, 7) is -0.275. The maximum atomic E-state index is 12.8. The summed E-state index contributed by atoms with van der Waals surface area (Å²) in [6, 6.07) is 2.76. The first kappa shape index (κ1) is 12.0. The van der Waals surface area contributed by atoms with Crippen molar-refractivity contribution in [2.24, 2.45) is 5.73 Å². The lowest BCUT2D eigenvalue weighted by molar-refractivity contribution is 0.0997. The molecule has 0 spiro atoms. The van der Waals surface area contributed by atoms with Crippen molar-refractivity contribution in [3.8, 4) is 0 Å². The summed E-state index contributed by atoms with van der Waals surface area (Å²) >= 11 is 0. The van der Waals surface area contributed by atoms with Gasteiger partial charge in [-0.15, -0.1) is 12.4 Å². The van der Waals surface area contributed by atoms with Gasteiger partial charge in [-0.05, 0) is 12.1 Å². The molecule has 0 atom stereocenters. The van der Waals surface area contributed by atoms with Crippen LogP contribution in [0, 0.1) is 11.6 Å². The Labute approximate surface area is 80.1 Å².